The number of nitrogens with zero attached hydrogens (tertiary/aromatic N) is 2. The second-order valence-corrected chi connectivity index (χ2v) is 5.45. The molecule has 0 amide bonds. The van der Waals surface area contributed by atoms with Crippen molar-refractivity contribution in [2.24, 2.45) is 5.92 Å². The zero-order valence-electron chi connectivity index (χ0n) is 11.2. The number of phenols is 1. The van der Waals surface area contributed by atoms with E-state index in [1.165, 1.54) is 6.07 Å². The van der Waals surface area contributed by atoms with Crippen molar-refractivity contribution in [3.8, 4) is 5.75 Å². The zero-order valence-corrected chi connectivity index (χ0v) is 11.2. The van der Waals surface area contributed by atoms with Gasteiger partial charge in [0.15, 0.2) is 11.6 Å². The molecule has 1 heterocycles. The van der Waals surface area contributed by atoms with Crippen LogP contribution in [0.4, 0.5) is 4.39 Å². The van der Waals surface area contributed by atoms with Crippen LogP contribution in [0.25, 0.3) is 0 Å². The van der Waals surface area contributed by atoms with E-state index in [9.17, 15) is 9.50 Å². The van der Waals surface area contributed by atoms with Gasteiger partial charge in [0.25, 0.3) is 0 Å². The number of rotatable bonds is 3. The number of aromatic hydroxyl groups is 1. The number of benzene rings is 1. The van der Waals surface area contributed by atoms with Crippen molar-refractivity contribution in [2.75, 3.05) is 27.2 Å². The second-order valence-electron chi connectivity index (χ2n) is 5.45. The van der Waals surface area contributed by atoms with Crippen molar-refractivity contribution in [1.82, 2.24) is 9.80 Å². The molecule has 2 unspecified atom stereocenters. The van der Waals surface area contributed by atoms with E-state index < -0.39 is 5.82 Å². The molecule has 1 fully saturated rings. The predicted molar refractivity (Wildman–Crippen MR) is 70.0 cm³/mol. The molecule has 0 aliphatic carbocycles. The van der Waals surface area contributed by atoms with Gasteiger partial charge >= 0.3 is 0 Å². The molecule has 1 aromatic rings. The Morgan fingerprint density at radius 2 is 2.11 bits per heavy atom. The lowest BCUT2D eigenvalue weighted by Gasteiger charge is -2.22. The second kappa shape index (κ2) is 5.24. The highest BCUT2D eigenvalue weighted by Gasteiger charge is 2.31. The van der Waals surface area contributed by atoms with E-state index in [0.717, 1.165) is 13.1 Å². The fraction of sp³-hybridized carbons (Fsp3) is 0.571. The smallest absolute Gasteiger partial charge is 0.165 e. The van der Waals surface area contributed by atoms with Crippen LogP contribution in [-0.2, 0) is 6.54 Å². The van der Waals surface area contributed by atoms with Crippen molar-refractivity contribution in [3.05, 3.63) is 29.6 Å². The van der Waals surface area contributed by atoms with E-state index in [1.54, 1.807) is 12.1 Å². The van der Waals surface area contributed by atoms with Gasteiger partial charge in [0.05, 0.1) is 0 Å². The molecule has 0 spiro atoms. The fourth-order valence-electron chi connectivity index (χ4n) is 2.78. The molecule has 100 valence electrons. The Kier molecular flexibility index (Phi) is 3.88. The normalized spacial score (nSPS) is 24.9. The van der Waals surface area contributed by atoms with Crippen LogP contribution in [0.1, 0.15) is 12.5 Å². The lowest BCUT2D eigenvalue weighted by atomic mass is 10.1. The van der Waals surface area contributed by atoms with Crippen LogP contribution in [0.3, 0.4) is 0 Å². The summed E-state index contributed by atoms with van der Waals surface area (Å²) in [4.78, 5) is 4.50. The van der Waals surface area contributed by atoms with E-state index in [2.05, 4.69) is 30.8 Å². The number of phenolic OH excluding ortho intramolecular Hbond substituents is 1. The summed E-state index contributed by atoms with van der Waals surface area (Å²) in [5, 5.41) is 9.69. The Hall–Kier alpha value is -1.13. The quantitative estimate of drug-likeness (QED) is 0.890. The lowest BCUT2D eigenvalue weighted by Crippen LogP contribution is -2.34. The van der Waals surface area contributed by atoms with Gasteiger partial charge in [-0.05, 0) is 26.1 Å². The van der Waals surface area contributed by atoms with Crippen molar-refractivity contribution >= 4 is 0 Å². The summed E-state index contributed by atoms with van der Waals surface area (Å²) in [6.45, 7) is 4.79. The first-order valence-electron chi connectivity index (χ1n) is 6.34. The molecule has 4 heteroatoms. The van der Waals surface area contributed by atoms with Crippen LogP contribution in [0.5, 0.6) is 5.75 Å². The molecule has 2 atom stereocenters. The van der Waals surface area contributed by atoms with Crippen LogP contribution in [-0.4, -0.2) is 48.1 Å². The summed E-state index contributed by atoms with van der Waals surface area (Å²) in [6, 6.07) is 5.24. The number of para-hydroxylation sites is 1. The minimum absolute atomic E-state index is 0.210. The van der Waals surface area contributed by atoms with Gasteiger partial charge in [-0.1, -0.05) is 19.1 Å². The van der Waals surface area contributed by atoms with Crippen molar-refractivity contribution in [2.45, 2.75) is 19.5 Å². The molecular formula is C14H21FN2O. The average molecular weight is 252 g/mol. The molecule has 0 bridgehead atoms. The Balaban J connectivity index is 2.05. The molecular weight excluding hydrogens is 231 g/mol. The van der Waals surface area contributed by atoms with Gasteiger partial charge in [-0.15, -0.1) is 0 Å². The predicted octanol–water partition coefficient (Wildman–Crippen LogP) is 1.91. The van der Waals surface area contributed by atoms with Gasteiger partial charge in [-0.25, -0.2) is 4.39 Å². The fourth-order valence-corrected chi connectivity index (χ4v) is 2.78. The standard InChI is InChI=1S/C14H21FN2O/c1-10-7-17(9-13(10)16(2)3)8-11-5-4-6-12(15)14(11)18/h4-6,10,13,18H,7-9H2,1-3H3. The van der Waals surface area contributed by atoms with Gasteiger partial charge in [-0.2, -0.15) is 0 Å². The van der Waals surface area contributed by atoms with E-state index in [-0.39, 0.29) is 5.75 Å². The monoisotopic (exact) mass is 252 g/mol. The van der Waals surface area contributed by atoms with Crippen LogP contribution < -0.4 is 0 Å². The largest absolute Gasteiger partial charge is 0.505 e. The summed E-state index contributed by atoms with van der Waals surface area (Å²) in [5.74, 6) is -0.155. The highest BCUT2D eigenvalue weighted by atomic mass is 19.1. The van der Waals surface area contributed by atoms with E-state index >= 15 is 0 Å². The molecule has 1 aliphatic rings. The SMILES string of the molecule is CC1CN(Cc2cccc(F)c2O)CC1N(C)C. The minimum atomic E-state index is -0.538. The zero-order chi connectivity index (χ0) is 13.3. The van der Waals surface area contributed by atoms with Crippen molar-refractivity contribution in [1.29, 1.82) is 0 Å². The molecule has 18 heavy (non-hydrogen) atoms. The maximum Gasteiger partial charge on any atom is 0.165 e. The molecule has 0 saturated carbocycles. The summed E-state index contributed by atoms with van der Waals surface area (Å²) in [5.41, 5.74) is 0.668. The topological polar surface area (TPSA) is 26.7 Å². The number of halogens is 1. The summed E-state index contributed by atoms with van der Waals surface area (Å²) < 4.78 is 13.3. The van der Waals surface area contributed by atoms with Crippen LogP contribution in [0, 0.1) is 11.7 Å². The molecule has 0 radical (unpaired) electrons. The van der Waals surface area contributed by atoms with Gasteiger partial charge < -0.3 is 10.0 Å². The summed E-state index contributed by atoms with van der Waals surface area (Å²) in [6.07, 6.45) is 0. The van der Waals surface area contributed by atoms with Gasteiger partial charge in [-0.3, -0.25) is 4.90 Å². The van der Waals surface area contributed by atoms with Crippen LogP contribution >= 0.6 is 0 Å². The third-order valence-electron chi connectivity index (χ3n) is 3.78. The van der Waals surface area contributed by atoms with Gasteiger partial charge in [0.2, 0.25) is 0 Å². The Morgan fingerprint density at radius 3 is 2.72 bits per heavy atom. The third-order valence-corrected chi connectivity index (χ3v) is 3.78. The Morgan fingerprint density at radius 1 is 1.39 bits per heavy atom. The number of likely N-dealkylation sites (tertiary alicyclic amines) is 1. The number of likely N-dealkylation sites (N-methyl/N-ethyl adjacent to an activating group) is 1. The summed E-state index contributed by atoms with van der Waals surface area (Å²) >= 11 is 0. The van der Waals surface area contributed by atoms with Crippen molar-refractivity contribution < 1.29 is 9.50 Å². The summed E-state index contributed by atoms with van der Waals surface area (Å²) in [7, 11) is 4.18. The average Bonchev–Trinajstić information content (AvgIpc) is 2.66. The first-order chi connectivity index (χ1) is 8.49. The Labute approximate surface area is 108 Å². The minimum Gasteiger partial charge on any atom is -0.505 e. The molecule has 1 aliphatic heterocycles. The highest BCUT2D eigenvalue weighted by Crippen LogP contribution is 2.26. The van der Waals surface area contributed by atoms with E-state index in [4.69, 9.17) is 0 Å². The first kappa shape index (κ1) is 13.3. The molecule has 1 aromatic carbocycles. The molecule has 1 saturated heterocycles. The molecule has 0 aromatic heterocycles. The third kappa shape index (κ3) is 2.65. The number of hydrogen-bond acceptors (Lipinski definition) is 3. The highest BCUT2D eigenvalue weighted by molar-refractivity contribution is 5.33. The van der Waals surface area contributed by atoms with Gasteiger partial charge in [0.1, 0.15) is 0 Å². The van der Waals surface area contributed by atoms with Gasteiger partial charge in [0, 0.05) is 31.2 Å². The molecule has 3 nitrogen and oxygen atoms in total. The Bertz CT molecular complexity index is 422. The molecule has 1 N–H and O–H groups in total. The van der Waals surface area contributed by atoms with Crippen LogP contribution in [0.15, 0.2) is 18.2 Å². The van der Waals surface area contributed by atoms with Crippen molar-refractivity contribution in [3.63, 3.8) is 0 Å². The van der Waals surface area contributed by atoms with Crippen LogP contribution in [0.2, 0.25) is 0 Å². The maximum atomic E-state index is 13.3. The molecule has 2 rings (SSSR count). The van der Waals surface area contributed by atoms with E-state index in [1.807, 2.05) is 0 Å². The maximum absolute atomic E-state index is 13.3. The number of hydrogen-bond donors (Lipinski definition) is 1. The first-order valence-corrected chi connectivity index (χ1v) is 6.34. The lowest BCUT2D eigenvalue weighted by molar-refractivity contribution is 0.249. The van der Waals surface area contributed by atoms with E-state index in [0.29, 0.717) is 24.1 Å².